The van der Waals surface area contributed by atoms with E-state index in [1.165, 1.54) is 0 Å². The van der Waals surface area contributed by atoms with Crippen LogP contribution in [0.5, 0.6) is 0 Å². The lowest BCUT2D eigenvalue weighted by Gasteiger charge is -2.31. The number of benzene rings is 1. The summed E-state index contributed by atoms with van der Waals surface area (Å²) in [5.74, 6) is 0. The largest absolute Gasteiger partial charge is 0.375 e. The van der Waals surface area contributed by atoms with Gasteiger partial charge in [0.1, 0.15) is 0 Å². The maximum absolute atomic E-state index is 12.0. The minimum absolute atomic E-state index is 0.0840. The first-order chi connectivity index (χ1) is 8.16. The number of anilines is 1. The number of morpholine rings is 1. The van der Waals surface area contributed by atoms with Crippen LogP contribution in [-0.2, 0) is 4.74 Å². The van der Waals surface area contributed by atoms with Crippen molar-refractivity contribution in [3.63, 3.8) is 0 Å². The van der Waals surface area contributed by atoms with Gasteiger partial charge in [-0.15, -0.1) is 0 Å². The Balaban J connectivity index is 1.99. The van der Waals surface area contributed by atoms with E-state index in [0.29, 0.717) is 30.4 Å². The van der Waals surface area contributed by atoms with Gasteiger partial charge in [-0.2, -0.15) is 0 Å². The van der Waals surface area contributed by atoms with Gasteiger partial charge in [0, 0.05) is 13.1 Å². The molecule has 1 N–H and O–H groups in total. The monoisotopic (exact) mass is 254 g/mol. The average molecular weight is 255 g/mol. The Kier molecular flexibility index (Phi) is 3.86. The van der Waals surface area contributed by atoms with Crippen LogP contribution in [0.3, 0.4) is 0 Å². The Bertz CT molecular complexity index is 411. The molecule has 17 heavy (non-hydrogen) atoms. The van der Waals surface area contributed by atoms with Crippen LogP contribution in [0, 0.1) is 0 Å². The van der Waals surface area contributed by atoms with Crippen molar-refractivity contribution in [2.24, 2.45) is 0 Å². The normalized spacial score (nSPS) is 20.1. The molecule has 1 aromatic carbocycles. The maximum Gasteiger partial charge on any atom is 0.322 e. The van der Waals surface area contributed by atoms with Gasteiger partial charge in [-0.25, -0.2) is 4.79 Å². The highest BCUT2D eigenvalue weighted by atomic mass is 35.5. The van der Waals surface area contributed by atoms with Gasteiger partial charge >= 0.3 is 6.03 Å². The Labute approximate surface area is 106 Å². The van der Waals surface area contributed by atoms with Gasteiger partial charge in [0.25, 0.3) is 0 Å². The summed E-state index contributed by atoms with van der Waals surface area (Å²) in [5, 5.41) is 3.34. The van der Waals surface area contributed by atoms with Gasteiger partial charge in [0.05, 0.1) is 23.4 Å². The van der Waals surface area contributed by atoms with Crippen LogP contribution in [0.2, 0.25) is 5.02 Å². The van der Waals surface area contributed by atoms with Crippen LogP contribution in [-0.4, -0.2) is 36.7 Å². The molecule has 0 aliphatic carbocycles. The SMILES string of the molecule is CC1CN(C(=O)Nc2ccccc2Cl)CCO1. The summed E-state index contributed by atoms with van der Waals surface area (Å²) in [6.07, 6.45) is 0.0840. The van der Waals surface area contributed by atoms with Crippen LogP contribution >= 0.6 is 11.6 Å². The molecule has 2 amide bonds. The first-order valence-corrected chi connectivity index (χ1v) is 5.96. The van der Waals surface area contributed by atoms with E-state index in [-0.39, 0.29) is 12.1 Å². The van der Waals surface area contributed by atoms with Gasteiger partial charge in [0.15, 0.2) is 0 Å². The standard InChI is InChI=1S/C12H15ClN2O2/c1-9-8-15(6-7-17-9)12(16)14-11-5-3-2-4-10(11)13/h2-5,9H,6-8H2,1H3,(H,14,16). The molecule has 2 rings (SSSR count). The van der Waals surface area contributed by atoms with E-state index in [1.54, 1.807) is 17.0 Å². The molecule has 0 saturated carbocycles. The summed E-state index contributed by atoms with van der Waals surface area (Å²) in [6.45, 7) is 3.75. The van der Waals surface area contributed by atoms with E-state index in [2.05, 4.69) is 5.32 Å². The molecule has 1 atom stereocenters. The number of ether oxygens (including phenoxy) is 1. The minimum Gasteiger partial charge on any atom is -0.375 e. The van der Waals surface area contributed by atoms with E-state index < -0.39 is 0 Å². The number of hydrogen-bond donors (Lipinski definition) is 1. The van der Waals surface area contributed by atoms with Gasteiger partial charge in [0.2, 0.25) is 0 Å². The lowest BCUT2D eigenvalue weighted by molar-refractivity contribution is -0.00138. The third kappa shape index (κ3) is 3.11. The number of nitrogens with one attached hydrogen (secondary N) is 1. The van der Waals surface area contributed by atoms with Crippen LogP contribution in [0.1, 0.15) is 6.92 Å². The molecular weight excluding hydrogens is 240 g/mol. The van der Waals surface area contributed by atoms with E-state index >= 15 is 0 Å². The van der Waals surface area contributed by atoms with Crippen molar-refractivity contribution in [1.29, 1.82) is 0 Å². The number of para-hydroxylation sites is 1. The lowest BCUT2D eigenvalue weighted by atomic mass is 10.3. The summed E-state index contributed by atoms with van der Waals surface area (Å²) in [6, 6.07) is 7.06. The second-order valence-electron chi connectivity index (χ2n) is 4.04. The molecule has 5 heteroatoms. The highest BCUT2D eigenvalue weighted by Crippen LogP contribution is 2.21. The smallest absolute Gasteiger partial charge is 0.322 e. The Morgan fingerprint density at radius 2 is 2.29 bits per heavy atom. The molecule has 1 aromatic rings. The third-order valence-electron chi connectivity index (χ3n) is 2.64. The van der Waals surface area contributed by atoms with Gasteiger partial charge in [-0.1, -0.05) is 23.7 Å². The zero-order valence-corrected chi connectivity index (χ0v) is 10.4. The predicted octanol–water partition coefficient (Wildman–Crippen LogP) is 2.59. The fraction of sp³-hybridized carbons (Fsp3) is 0.417. The van der Waals surface area contributed by atoms with Crippen molar-refractivity contribution in [1.82, 2.24) is 4.90 Å². The molecule has 1 aliphatic heterocycles. The van der Waals surface area contributed by atoms with Crippen molar-refractivity contribution >= 4 is 23.3 Å². The molecule has 0 aromatic heterocycles. The molecule has 4 nitrogen and oxygen atoms in total. The van der Waals surface area contributed by atoms with E-state index in [9.17, 15) is 4.79 Å². The quantitative estimate of drug-likeness (QED) is 0.837. The topological polar surface area (TPSA) is 41.6 Å². The number of carbonyl (C=O) groups excluding carboxylic acids is 1. The van der Waals surface area contributed by atoms with Crippen molar-refractivity contribution in [2.75, 3.05) is 25.0 Å². The number of nitrogens with zero attached hydrogens (tertiary/aromatic N) is 1. The van der Waals surface area contributed by atoms with Crippen molar-refractivity contribution in [3.05, 3.63) is 29.3 Å². The van der Waals surface area contributed by atoms with Crippen molar-refractivity contribution in [3.8, 4) is 0 Å². The first kappa shape index (κ1) is 12.2. The molecule has 1 heterocycles. The maximum atomic E-state index is 12.0. The van der Waals surface area contributed by atoms with Crippen LogP contribution < -0.4 is 5.32 Å². The highest BCUT2D eigenvalue weighted by Gasteiger charge is 2.21. The lowest BCUT2D eigenvalue weighted by Crippen LogP contribution is -2.46. The summed E-state index contributed by atoms with van der Waals surface area (Å²) in [7, 11) is 0. The first-order valence-electron chi connectivity index (χ1n) is 5.59. The Hall–Kier alpha value is -1.26. The molecule has 1 unspecified atom stereocenters. The van der Waals surface area contributed by atoms with Gasteiger partial charge in [-0.3, -0.25) is 0 Å². The molecule has 1 fully saturated rings. The van der Waals surface area contributed by atoms with Crippen molar-refractivity contribution in [2.45, 2.75) is 13.0 Å². The number of halogens is 1. The molecule has 0 bridgehead atoms. The highest BCUT2D eigenvalue weighted by molar-refractivity contribution is 6.33. The summed E-state index contributed by atoms with van der Waals surface area (Å²) in [5.41, 5.74) is 0.637. The fourth-order valence-electron chi connectivity index (χ4n) is 1.76. The second-order valence-corrected chi connectivity index (χ2v) is 4.44. The number of carbonyl (C=O) groups is 1. The van der Waals surface area contributed by atoms with E-state index in [0.717, 1.165) is 0 Å². The molecule has 0 spiro atoms. The Morgan fingerprint density at radius 3 is 3.00 bits per heavy atom. The van der Waals surface area contributed by atoms with Gasteiger partial charge in [-0.05, 0) is 19.1 Å². The van der Waals surface area contributed by atoms with Crippen LogP contribution in [0.25, 0.3) is 0 Å². The summed E-state index contributed by atoms with van der Waals surface area (Å²) >= 11 is 5.98. The summed E-state index contributed by atoms with van der Waals surface area (Å²) < 4.78 is 5.38. The average Bonchev–Trinajstić information content (AvgIpc) is 2.32. The van der Waals surface area contributed by atoms with E-state index in [4.69, 9.17) is 16.3 Å². The zero-order valence-electron chi connectivity index (χ0n) is 9.65. The van der Waals surface area contributed by atoms with Crippen LogP contribution in [0.4, 0.5) is 10.5 Å². The van der Waals surface area contributed by atoms with Crippen LogP contribution in [0.15, 0.2) is 24.3 Å². The zero-order chi connectivity index (χ0) is 12.3. The molecule has 0 radical (unpaired) electrons. The predicted molar refractivity (Wildman–Crippen MR) is 67.5 cm³/mol. The minimum atomic E-state index is -0.131. The molecule has 92 valence electrons. The molecular formula is C12H15ClN2O2. The van der Waals surface area contributed by atoms with E-state index in [1.807, 2.05) is 19.1 Å². The fourth-order valence-corrected chi connectivity index (χ4v) is 1.94. The molecule has 1 aliphatic rings. The van der Waals surface area contributed by atoms with Crippen molar-refractivity contribution < 1.29 is 9.53 Å². The number of amides is 2. The third-order valence-corrected chi connectivity index (χ3v) is 2.97. The number of rotatable bonds is 1. The Morgan fingerprint density at radius 1 is 1.53 bits per heavy atom. The summed E-state index contributed by atoms with van der Waals surface area (Å²) in [4.78, 5) is 13.7. The molecule has 1 saturated heterocycles. The second kappa shape index (κ2) is 5.38. The number of hydrogen-bond acceptors (Lipinski definition) is 2. The van der Waals surface area contributed by atoms with Gasteiger partial charge < -0.3 is 15.0 Å². The number of urea groups is 1.